The van der Waals surface area contributed by atoms with Gasteiger partial charge >= 0.3 is 5.97 Å². The monoisotopic (exact) mass is 452 g/mol. The lowest BCUT2D eigenvalue weighted by molar-refractivity contribution is 0.0693. The van der Waals surface area contributed by atoms with Crippen LogP contribution in [0.1, 0.15) is 65.3 Å². The van der Waals surface area contributed by atoms with Crippen molar-refractivity contribution in [3.63, 3.8) is 0 Å². The highest BCUT2D eigenvalue weighted by Gasteiger charge is 2.17. The number of hydrogen-bond acceptors (Lipinski definition) is 6. The Labute approximate surface area is 191 Å². The minimum Gasteiger partial charge on any atom is -0.507 e. The Bertz CT molecular complexity index is 1170. The van der Waals surface area contributed by atoms with Crippen molar-refractivity contribution in [2.24, 2.45) is 0 Å². The smallest absolute Gasteiger partial charge is 0.339 e. The Morgan fingerprint density at radius 3 is 2.30 bits per heavy atom. The molecule has 0 aromatic heterocycles. The highest BCUT2D eigenvalue weighted by atomic mass is 16.5. The molecule has 0 aliphatic carbocycles. The number of ether oxygens (including phenoxy) is 1. The number of carboxylic acids is 1. The fraction of sp³-hybridized carbons (Fsp3) is 0.308. The van der Waals surface area contributed by atoms with E-state index in [9.17, 15) is 30.0 Å². The van der Waals surface area contributed by atoms with Crippen LogP contribution in [0.5, 0.6) is 23.0 Å². The molecule has 0 atom stereocenters. The molecule has 0 bridgehead atoms. The van der Waals surface area contributed by atoms with E-state index < -0.39 is 5.97 Å². The average molecular weight is 453 g/mol. The van der Waals surface area contributed by atoms with Crippen molar-refractivity contribution < 1.29 is 34.8 Å². The summed E-state index contributed by atoms with van der Waals surface area (Å²) >= 11 is 0. The number of phenolic OH excluding ortho intramolecular Hbond substituents is 2. The number of carboxylic acid groups (broad SMARTS) is 1. The Morgan fingerprint density at radius 1 is 0.879 bits per heavy atom. The van der Waals surface area contributed by atoms with Crippen LogP contribution in [0.25, 0.3) is 10.8 Å². The maximum Gasteiger partial charge on any atom is 0.339 e. The van der Waals surface area contributed by atoms with E-state index in [0.717, 1.165) is 18.2 Å². The normalized spacial score (nSPS) is 10.9. The number of fused-ring (bicyclic) bond motifs is 1. The molecule has 0 saturated carbocycles. The molecule has 7 heteroatoms. The molecule has 0 saturated heterocycles. The first-order chi connectivity index (χ1) is 15.8. The third-order valence-electron chi connectivity index (χ3n) is 5.53. The predicted molar refractivity (Wildman–Crippen MR) is 125 cm³/mol. The number of carbonyl (C=O) groups is 2. The van der Waals surface area contributed by atoms with Crippen molar-refractivity contribution in [1.29, 1.82) is 0 Å². The maximum absolute atomic E-state index is 12.5. The summed E-state index contributed by atoms with van der Waals surface area (Å²) in [5, 5.41) is 40.1. The van der Waals surface area contributed by atoms with Crippen molar-refractivity contribution in [2.75, 3.05) is 6.61 Å². The highest BCUT2D eigenvalue weighted by Crippen LogP contribution is 2.33. The van der Waals surface area contributed by atoms with Gasteiger partial charge < -0.3 is 25.2 Å². The molecule has 0 aliphatic heterocycles. The molecule has 174 valence electrons. The average Bonchev–Trinajstić information content (AvgIpc) is 2.78. The van der Waals surface area contributed by atoms with Gasteiger partial charge in [0.05, 0.1) is 6.61 Å². The lowest BCUT2D eigenvalue weighted by Crippen LogP contribution is -2.05. The summed E-state index contributed by atoms with van der Waals surface area (Å²) in [7, 11) is 0. The first kappa shape index (κ1) is 23.9. The van der Waals surface area contributed by atoms with Crippen LogP contribution in [0, 0.1) is 0 Å². The summed E-state index contributed by atoms with van der Waals surface area (Å²) in [5.74, 6) is -1.35. The summed E-state index contributed by atoms with van der Waals surface area (Å²) in [5.41, 5.74) is 0.926. The van der Waals surface area contributed by atoms with E-state index in [0.29, 0.717) is 54.6 Å². The number of hydrogen-bond donors (Lipinski definition) is 4. The molecule has 7 nitrogen and oxygen atoms in total. The number of rotatable bonds is 11. The van der Waals surface area contributed by atoms with Crippen LogP contribution in [0.2, 0.25) is 0 Å². The van der Waals surface area contributed by atoms with Crippen molar-refractivity contribution in [3.8, 4) is 23.0 Å². The highest BCUT2D eigenvalue weighted by molar-refractivity contribution is 6.00. The van der Waals surface area contributed by atoms with Crippen LogP contribution < -0.4 is 4.74 Å². The largest absolute Gasteiger partial charge is 0.507 e. The van der Waals surface area contributed by atoms with E-state index in [1.54, 1.807) is 24.3 Å². The summed E-state index contributed by atoms with van der Waals surface area (Å²) in [6, 6.07) is 11.0. The second-order valence-corrected chi connectivity index (χ2v) is 7.98. The van der Waals surface area contributed by atoms with Crippen molar-refractivity contribution in [3.05, 3.63) is 59.2 Å². The topological polar surface area (TPSA) is 124 Å². The molecule has 3 rings (SSSR count). The Morgan fingerprint density at radius 2 is 1.61 bits per heavy atom. The van der Waals surface area contributed by atoms with Gasteiger partial charge in [0.25, 0.3) is 0 Å². The number of aromatic hydroxyl groups is 3. The van der Waals surface area contributed by atoms with E-state index in [1.165, 1.54) is 18.2 Å². The summed E-state index contributed by atoms with van der Waals surface area (Å²) in [6.07, 6.45) is 3.81. The number of unbranched alkanes of at least 4 members (excludes halogenated alkanes) is 2. The van der Waals surface area contributed by atoms with Crippen LogP contribution in [0.3, 0.4) is 0 Å². The van der Waals surface area contributed by atoms with Gasteiger partial charge in [0.15, 0.2) is 17.3 Å². The first-order valence-corrected chi connectivity index (χ1v) is 11.0. The van der Waals surface area contributed by atoms with Crippen LogP contribution >= 0.6 is 0 Å². The molecule has 3 aromatic carbocycles. The van der Waals surface area contributed by atoms with Gasteiger partial charge in [-0.25, -0.2) is 4.79 Å². The van der Waals surface area contributed by atoms with E-state index in [2.05, 4.69) is 0 Å². The molecule has 0 unspecified atom stereocenters. The molecule has 0 amide bonds. The third kappa shape index (κ3) is 5.74. The first-order valence-electron chi connectivity index (χ1n) is 11.0. The molecule has 33 heavy (non-hydrogen) atoms. The molecule has 4 N–H and O–H groups in total. The van der Waals surface area contributed by atoms with E-state index in [-0.39, 0.29) is 28.6 Å². The number of Topliss-reactive ketones (excluding diaryl/α,β-unsaturated/α-hetero) is 1. The molecule has 3 aromatic rings. The zero-order chi connectivity index (χ0) is 24.0. The van der Waals surface area contributed by atoms with Crippen molar-refractivity contribution >= 4 is 22.5 Å². The van der Waals surface area contributed by atoms with Gasteiger partial charge in [-0.2, -0.15) is 0 Å². The predicted octanol–water partition coefficient (Wildman–Crippen LogP) is 5.43. The molecule has 0 heterocycles. The number of benzene rings is 3. The summed E-state index contributed by atoms with van der Waals surface area (Å²) in [4.78, 5) is 23.7. The van der Waals surface area contributed by atoms with Gasteiger partial charge in [0, 0.05) is 17.5 Å². The number of phenols is 3. The molecule has 0 spiro atoms. The van der Waals surface area contributed by atoms with Gasteiger partial charge in [0.2, 0.25) is 0 Å². The zero-order valence-corrected chi connectivity index (χ0v) is 18.5. The third-order valence-corrected chi connectivity index (χ3v) is 5.53. The summed E-state index contributed by atoms with van der Waals surface area (Å²) in [6.45, 7) is 2.34. The molecule has 0 radical (unpaired) electrons. The minimum absolute atomic E-state index is 0.00444. The standard InChI is InChI=1S/C26H28O7/c1-2-6-19-24(11-10-20(25(19)30)26(31)32)33-12-5-3-4-7-21(27)17-9-8-16-14-22(28)23(29)15-18(16)13-17/h8-11,13-15,28-30H,2-7,12H2,1H3,(H,31,32). The molecular formula is C26H28O7. The maximum atomic E-state index is 12.5. The van der Waals surface area contributed by atoms with Crippen molar-refractivity contribution in [2.45, 2.75) is 45.4 Å². The summed E-state index contributed by atoms with van der Waals surface area (Å²) < 4.78 is 5.78. The van der Waals surface area contributed by atoms with Gasteiger partial charge in [0.1, 0.15) is 17.1 Å². The number of ketones is 1. The Balaban J connectivity index is 1.49. The second kappa shape index (κ2) is 10.7. The molecular weight excluding hydrogens is 424 g/mol. The minimum atomic E-state index is -1.18. The lowest BCUT2D eigenvalue weighted by Gasteiger charge is -2.14. The zero-order valence-electron chi connectivity index (χ0n) is 18.5. The van der Waals surface area contributed by atoms with Crippen LogP contribution in [0.4, 0.5) is 0 Å². The van der Waals surface area contributed by atoms with Gasteiger partial charge in [-0.1, -0.05) is 25.5 Å². The van der Waals surface area contributed by atoms with E-state index in [4.69, 9.17) is 4.74 Å². The van der Waals surface area contributed by atoms with Crippen LogP contribution in [0.15, 0.2) is 42.5 Å². The fourth-order valence-electron chi connectivity index (χ4n) is 3.76. The SMILES string of the molecule is CCCc1c(OCCCCCC(=O)c2ccc3cc(O)c(O)cc3c2)ccc(C(=O)O)c1O. The number of carbonyl (C=O) groups excluding carboxylic acids is 1. The molecule has 0 aliphatic rings. The van der Waals surface area contributed by atoms with Gasteiger partial charge in [-0.15, -0.1) is 0 Å². The van der Waals surface area contributed by atoms with E-state index >= 15 is 0 Å². The van der Waals surface area contributed by atoms with Crippen LogP contribution in [-0.2, 0) is 6.42 Å². The Hall–Kier alpha value is -3.74. The van der Waals surface area contributed by atoms with Gasteiger partial charge in [-0.05, 0) is 66.8 Å². The Kier molecular flexibility index (Phi) is 7.77. The van der Waals surface area contributed by atoms with Crippen molar-refractivity contribution in [1.82, 2.24) is 0 Å². The van der Waals surface area contributed by atoms with Gasteiger partial charge in [-0.3, -0.25) is 4.79 Å². The lowest BCUT2D eigenvalue weighted by atomic mass is 10.0. The fourth-order valence-corrected chi connectivity index (χ4v) is 3.76. The van der Waals surface area contributed by atoms with Crippen LogP contribution in [-0.4, -0.2) is 38.8 Å². The molecule has 0 fully saturated rings. The number of aromatic carboxylic acids is 1. The van der Waals surface area contributed by atoms with E-state index in [1.807, 2.05) is 6.92 Å². The quantitative estimate of drug-likeness (QED) is 0.174. The second-order valence-electron chi connectivity index (χ2n) is 7.98.